The number of benzene rings is 1. The van der Waals surface area contributed by atoms with Crippen molar-refractivity contribution in [1.29, 1.82) is 0 Å². The maximum absolute atomic E-state index is 12.6. The Morgan fingerprint density at radius 2 is 1.94 bits per heavy atom. The minimum atomic E-state index is -4.31. The van der Waals surface area contributed by atoms with Gasteiger partial charge in [-0.3, -0.25) is 0 Å². The second-order valence-corrected chi connectivity index (χ2v) is 3.63. The summed E-state index contributed by atoms with van der Waals surface area (Å²) in [6.45, 7) is 5.23. The number of hydrogen-bond acceptors (Lipinski definition) is 1. The van der Waals surface area contributed by atoms with Crippen molar-refractivity contribution >= 4 is 0 Å². The first-order chi connectivity index (χ1) is 7.38. The molecule has 1 atom stereocenters. The van der Waals surface area contributed by atoms with E-state index in [0.717, 1.165) is 12.1 Å². The zero-order valence-corrected chi connectivity index (χ0v) is 9.23. The molecular weight excluding hydrogens is 215 g/mol. The molecule has 0 aromatic heterocycles. The van der Waals surface area contributed by atoms with Crippen molar-refractivity contribution in [2.45, 2.75) is 19.1 Å². The molecule has 0 fully saturated rings. The molecule has 0 spiro atoms. The molecule has 0 saturated heterocycles. The Labute approximate surface area is 93.0 Å². The van der Waals surface area contributed by atoms with E-state index in [0.29, 0.717) is 11.1 Å². The molecule has 88 valence electrons. The Morgan fingerprint density at radius 3 is 2.38 bits per heavy atom. The number of likely N-dealkylation sites (N-methyl/N-ethyl adjacent to an activating group) is 1. The third kappa shape index (κ3) is 2.85. The van der Waals surface area contributed by atoms with Crippen LogP contribution < -0.4 is 5.32 Å². The molecule has 0 saturated carbocycles. The van der Waals surface area contributed by atoms with E-state index < -0.39 is 11.7 Å². The fraction of sp³-hybridized carbons (Fsp3) is 0.333. The van der Waals surface area contributed by atoms with Gasteiger partial charge in [-0.15, -0.1) is 6.58 Å². The summed E-state index contributed by atoms with van der Waals surface area (Å²) in [5, 5.41) is 2.89. The van der Waals surface area contributed by atoms with Crippen molar-refractivity contribution < 1.29 is 13.2 Å². The number of hydrogen-bond donors (Lipinski definition) is 1. The molecule has 0 aliphatic heterocycles. The highest BCUT2D eigenvalue weighted by Gasteiger charge is 2.31. The van der Waals surface area contributed by atoms with Gasteiger partial charge in [-0.05, 0) is 31.7 Å². The quantitative estimate of drug-likeness (QED) is 0.783. The fourth-order valence-corrected chi connectivity index (χ4v) is 1.58. The minimum Gasteiger partial charge on any atom is -0.310 e. The van der Waals surface area contributed by atoms with Crippen molar-refractivity contribution in [3.8, 4) is 0 Å². The normalized spacial score (nSPS) is 13.6. The van der Waals surface area contributed by atoms with Crippen LogP contribution in [0.2, 0.25) is 0 Å². The topological polar surface area (TPSA) is 12.0 Å². The summed E-state index contributed by atoms with van der Waals surface area (Å²) in [7, 11) is 1.68. The van der Waals surface area contributed by atoms with Crippen LogP contribution in [0.25, 0.3) is 0 Å². The second-order valence-electron chi connectivity index (χ2n) is 3.63. The van der Waals surface area contributed by atoms with E-state index in [2.05, 4.69) is 11.9 Å². The van der Waals surface area contributed by atoms with E-state index in [1.165, 1.54) is 0 Å². The Hall–Kier alpha value is -1.29. The molecule has 0 aliphatic rings. The molecule has 1 rings (SSSR count). The van der Waals surface area contributed by atoms with E-state index >= 15 is 0 Å². The summed E-state index contributed by atoms with van der Waals surface area (Å²) in [5.74, 6) is 0. The van der Waals surface area contributed by atoms with Crippen molar-refractivity contribution in [3.63, 3.8) is 0 Å². The molecule has 0 amide bonds. The summed E-state index contributed by atoms with van der Waals surface area (Å²) in [5.41, 5.74) is 0.543. The van der Waals surface area contributed by atoms with Crippen LogP contribution in [0.15, 0.2) is 30.9 Å². The lowest BCUT2D eigenvalue weighted by Gasteiger charge is -2.15. The smallest absolute Gasteiger partial charge is 0.310 e. The molecule has 1 aromatic rings. The summed E-state index contributed by atoms with van der Waals surface area (Å²) < 4.78 is 37.7. The zero-order valence-electron chi connectivity index (χ0n) is 9.23. The average molecular weight is 229 g/mol. The maximum atomic E-state index is 12.6. The summed E-state index contributed by atoms with van der Waals surface area (Å²) in [6, 6.07) is 3.74. The van der Waals surface area contributed by atoms with Gasteiger partial charge in [0.2, 0.25) is 0 Å². The van der Waals surface area contributed by atoms with Gasteiger partial charge in [-0.2, -0.15) is 13.2 Å². The number of halogens is 3. The van der Waals surface area contributed by atoms with Crippen LogP contribution >= 0.6 is 0 Å². The molecule has 0 radical (unpaired) electrons. The van der Waals surface area contributed by atoms with Crippen LogP contribution in [0.1, 0.15) is 22.7 Å². The molecule has 0 heterocycles. The lowest BCUT2D eigenvalue weighted by molar-refractivity contribution is -0.137. The number of alkyl halides is 3. The highest BCUT2D eigenvalue weighted by Crippen LogP contribution is 2.31. The van der Waals surface area contributed by atoms with Crippen molar-refractivity contribution in [3.05, 3.63) is 47.5 Å². The second kappa shape index (κ2) is 4.70. The SMILES string of the molecule is C=C[C@@H](NC)c1cc(C)cc(C(F)(F)F)c1. The van der Waals surface area contributed by atoms with E-state index in [1.807, 2.05) is 0 Å². The first-order valence-electron chi connectivity index (χ1n) is 4.87. The van der Waals surface area contributed by atoms with Crippen LogP contribution in [0.3, 0.4) is 0 Å². The maximum Gasteiger partial charge on any atom is 0.416 e. The van der Waals surface area contributed by atoms with Crippen LogP contribution in [0, 0.1) is 6.92 Å². The molecular formula is C12H14F3N. The van der Waals surface area contributed by atoms with Gasteiger partial charge in [0.25, 0.3) is 0 Å². The Kier molecular flexibility index (Phi) is 3.75. The van der Waals surface area contributed by atoms with E-state index in [1.54, 1.807) is 26.1 Å². The molecule has 0 unspecified atom stereocenters. The molecule has 0 bridgehead atoms. The predicted octanol–water partition coefficient (Wildman–Crippen LogP) is 3.46. The van der Waals surface area contributed by atoms with Crippen LogP contribution in [0.4, 0.5) is 13.2 Å². The standard InChI is InChI=1S/C12H14F3N/c1-4-11(16-3)9-5-8(2)6-10(7-9)12(13,14)15/h4-7,11,16H,1H2,2-3H3/t11-/m1/s1. The summed E-state index contributed by atoms with van der Waals surface area (Å²) in [4.78, 5) is 0. The molecule has 16 heavy (non-hydrogen) atoms. The minimum absolute atomic E-state index is 0.263. The average Bonchev–Trinajstić information content (AvgIpc) is 2.17. The summed E-state index contributed by atoms with van der Waals surface area (Å²) in [6.07, 6.45) is -2.73. The first kappa shape index (κ1) is 12.8. The number of nitrogens with one attached hydrogen (secondary N) is 1. The number of rotatable bonds is 3. The van der Waals surface area contributed by atoms with Gasteiger partial charge in [0.05, 0.1) is 11.6 Å². The van der Waals surface area contributed by atoms with E-state index in [9.17, 15) is 13.2 Å². The van der Waals surface area contributed by atoms with Crippen molar-refractivity contribution in [2.75, 3.05) is 7.05 Å². The van der Waals surface area contributed by atoms with Crippen molar-refractivity contribution in [2.24, 2.45) is 0 Å². The fourth-order valence-electron chi connectivity index (χ4n) is 1.58. The molecule has 4 heteroatoms. The van der Waals surface area contributed by atoms with Gasteiger partial charge in [0.1, 0.15) is 0 Å². The van der Waals surface area contributed by atoms with Gasteiger partial charge >= 0.3 is 6.18 Å². The molecule has 1 aromatic carbocycles. The Morgan fingerprint density at radius 1 is 1.31 bits per heavy atom. The summed E-state index contributed by atoms with van der Waals surface area (Å²) >= 11 is 0. The Balaban J connectivity index is 3.22. The van der Waals surface area contributed by atoms with Gasteiger partial charge < -0.3 is 5.32 Å². The zero-order chi connectivity index (χ0) is 12.3. The van der Waals surface area contributed by atoms with Crippen molar-refractivity contribution in [1.82, 2.24) is 5.32 Å². The highest BCUT2D eigenvalue weighted by atomic mass is 19.4. The highest BCUT2D eigenvalue weighted by molar-refractivity contribution is 5.34. The Bertz CT molecular complexity index is 382. The lowest BCUT2D eigenvalue weighted by atomic mass is 10.0. The van der Waals surface area contributed by atoms with Gasteiger partial charge in [0, 0.05) is 0 Å². The van der Waals surface area contributed by atoms with E-state index in [-0.39, 0.29) is 6.04 Å². The van der Waals surface area contributed by atoms with Gasteiger partial charge in [-0.1, -0.05) is 17.7 Å². The lowest BCUT2D eigenvalue weighted by Crippen LogP contribution is -2.15. The molecule has 1 nitrogen and oxygen atoms in total. The third-order valence-corrected chi connectivity index (χ3v) is 2.33. The van der Waals surface area contributed by atoms with Crippen LogP contribution in [-0.4, -0.2) is 7.05 Å². The third-order valence-electron chi connectivity index (χ3n) is 2.33. The number of aryl methyl sites for hydroxylation is 1. The monoisotopic (exact) mass is 229 g/mol. The van der Waals surface area contributed by atoms with Crippen LogP contribution in [0.5, 0.6) is 0 Å². The van der Waals surface area contributed by atoms with Gasteiger partial charge in [0.15, 0.2) is 0 Å². The largest absolute Gasteiger partial charge is 0.416 e. The molecule has 0 aliphatic carbocycles. The van der Waals surface area contributed by atoms with E-state index in [4.69, 9.17) is 0 Å². The first-order valence-corrected chi connectivity index (χ1v) is 4.87. The molecule has 1 N–H and O–H groups in total. The van der Waals surface area contributed by atoms with Crippen LogP contribution in [-0.2, 0) is 6.18 Å². The van der Waals surface area contributed by atoms with Gasteiger partial charge in [-0.25, -0.2) is 0 Å². The predicted molar refractivity (Wildman–Crippen MR) is 58.2 cm³/mol.